The fourth-order valence-electron chi connectivity index (χ4n) is 1.98. The summed E-state index contributed by atoms with van der Waals surface area (Å²) < 4.78 is 38.1. The number of alkyl halides is 3. The van der Waals surface area contributed by atoms with E-state index in [9.17, 15) is 18.0 Å². The van der Waals surface area contributed by atoms with E-state index in [1.807, 2.05) is 30.3 Å². The van der Waals surface area contributed by atoms with Crippen molar-refractivity contribution in [2.24, 2.45) is 0 Å². The first-order chi connectivity index (χ1) is 10.8. The number of halogens is 4. The predicted molar refractivity (Wildman–Crippen MR) is 84.8 cm³/mol. The molecule has 0 heterocycles. The minimum Gasteiger partial charge on any atom is -0.365 e. The van der Waals surface area contributed by atoms with Crippen LogP contribution in [0.1, 0.15) is 5.56 Å². The lowest BCUT2D eigenvalue weighted by Gasteiger charge is -2.19. The number of amides is 1. The molecule has 0 saturated heterocycles. The molecule has 0 fully saturated rings. The third-order valence-corrected chi connectivity index (χ3v) is 3.48. The Balaban J connectivity index is 2.08. The van der Waals surface area contributed by atoms with Crippen LogP contribution >= 0.6 is 11.6 Å². The number of para-hydroxylation sites is 1. The highest BCUT2D eigenvalue weighted by molar-refractivity contribution is 6.33. The Morgan fingerprint density at radius 3 is 2.43 bits per heavy atom. The number of hydrogen-bond donors (Lipinski definition) is 1. The van der Waals surface area contributed by atoms with Crippen LogP contribution in [-0.4, -0.2) is 19.5 Å². The highest BCUT2D eigenvalue weighted by Crippen LogP contribution is 2.33. The molecule has 0 spiro atoms. The van der Waals surface area contributed by atoms with Gasteiger partial charge in [-0.2, -0.15) is 13.2 Å². The quantitative estimate of drug-likeness (QED) is 0.891. The zero-order chi connectivity index (χ0) is 17.0. The number of benzene rings is 2. The summed E-state index contributed by atoms with van der Waals surface area (Å²) in [4.78, 5) is 13.7. The Hall–Kier alpha value is -2.21. The van der Waals surface area contributed by atoms with Crippen molar-refractivity contribution in [3.8, 4) is 0 Å². The van der Waals surface area contributed by atoms with Crippen LogP contribution in [0, 0.1) is 0 Å². The third-order valence-electron chi connectivity index (χ3n) is 3.15. The molecule has 2 rings (SSSR count). The molecule has 0 saturated carbocycles. The second kappa shape index (κ2) is 6.91. The Bertz CT molecular complexity index is 689. The molecule has 2 aromatic carbocycles. The van der Waals surface area contributed by atoms with E-state index in [0.29, 0.717) is 0 Å². The summed E-state index contributed by atoms with van der Waals surface area (Å²) in [5, 5.41) is 2.46. The van der Waals surface area contributed by atoms with Crippen LogP contribution in [0.4, 0.5) is 24.5 Å². The van der Waals surface area contributed by atoms with Gasteiger partial charge >= 0.3 is 6.18 Å². The molecule has 2 aromatic rings. The van der Waals surface area contributed by atoms with Crippen LogP contribution in [0.25, 0.3) is 0 Å². The Labute approximate surface area is 136 Å². The SMILES string of the molecule is CN(CC(=O)Nc1cc(C(F)(F)F)ccc1Cl)c1ccccc1. The first-order valence-electron chi connectivity index (χ1n) is 6.70. The van der Waals surface area contributed by atoms with Gasteiger partial charge in [-0.3, -0.25) is 4.79 Å². The van der Waals surface area contributed by atoms with Crippen LogP contribution < -0.4 is 10.2 Å². The van der Waals surface area contributed by atoms with E-state index in [1.54, 1.807) is 11.9 Å². The zero-order valence-electron chi connectivity index (χ0n) is 12.2. The first kappa shape index (κ1) is 17.1. The molecular weight excluding hydrogens is 329 g/mol. The number of carbonyl (C=O) groups excluding carboxylic acids is 1. The summed E-state index contributed by atoms with van der Waals surface area (Å²) in [6.07, 6.45) is -4.50. The average molecular weight is 343 g/mol. The van der Waals surface area contributed by atoms with E-state index in [4.69, 9.17) is 11.6 Å². The second-order valence-corrected chi connectivity index (χ2v) is 5.34. The fourth-order valence-corrected chi connectivity index (χ4v) is 2.14. The molecule has 0 bridgehead atoms. The van der Waals surface area contributed by atoms with Crippen molar-refractivity contribution < 1.29 is 18.0 Å². The van der Waals surface area contributed by atoms with Gasteiger partial charge in [0, 0.05) is 12.7 Å². The van der Waals surface area contributed by atoms with Crippen molar-refractivity contribution in [3.63, 3.8) is 0 Å². The number of likely N-dealkylation sites (N-methyl/N-ethyl adjacent to an activating group) is 1. The monoisotopic (exact) mass is 342 g/mol. The van der Waals surface area contributed by atoms with Gasteiger partial charge in [-0.1, -0.05) is 29.8 Å². The molecule has 3 nitrogen and oxygen atoms in total. The van der Waals surface area contributed by atoms with E-state index >= 15 is 0 Å². The molecule has 0 aromatic heterocycles. The van der Waals surface area contributed by atoms with Crippen molar-refractivity contribution in [2.75, 3.05) is 23.8 Å². The summed E-state index contributed by atoms with van der Waals surface area (Å²) in [5.74, 6) is -0.461. The van der Waals surface area contributed by atoms with Crippen LogP contribution in [0.3, 0.4) is 0 Å². The van der Waals surface area contributed by atoms with E-state index in [1.165, 1.54) is 0 Å². The van der Waals surface area contributed by atoms with Crippen molar-refractivity contribution in [1.82, 2.24) is 0 Å². The molecule has 122 valence electrons. The van der Waals surface area contributed by atoms with Gasteiger partial charge in [0.1, 0.15) is 0 Å². The van der Waals surface area contributed by atoms with Crippen molar-refractivity contribution >= 4 is 28.9 Å². The largest absolute Gasteiger partial charge is 0.416 e. The lowest BCUT2D eigenvalue weighted by Crippen LogP contribution is -2.30. The van der Waals surface area contributed by atoms with Gasteiger partial charge in [0.2, 0.25) is 5.91 Å². The summed E-state index contributed by atoms with van der Waals surface area (Å²) in [5.41, 5.74) is -0.112. The van der Waals surface area contributed by atoms with Crippen LogP contribution in [-0.2, 0) is 11.0 Å². The summed E-state index contributed by atoms with van der Waals surface area (Å²) in [6.45, 7) is -0.0173. The van der Waals surface area contributed by atoms with Crippen LogP contribution in [0.2, 0.25) is 5.02 Å². The lowest BCUT2D eigenvalue weighted by atomic mass is 10.2. The van der Waals surface area contributed by atoms with Gasteiger partial charge in [-0.25, -0.2) is 0 Å². The second-order valence-electron chi connectivity index (χ2n) is 4.93. The molecule has 0 aliphatic heterocycles. The minimum absolute atomic E-state index is 0.0173. The van der Waals surface area contributed by atoms with Gasteiger partial charge in [-0.15, -0.1) is 0 Å². The van der Waals surface area contributed by atoms with E-state index < -0.39 is 17.6 Å². The van der Waals surface area contributed by atoms with E-state index in [2.05, 4.69) is 5.32 Å². The number of nitrogens with one attached hydrogen (secondary N) is 1. The lowest BCUT2D eigenvalue weighted by molar-refractivity contribution is -0.137. The molecule has 0 unspecified atom stereocenters. The number of carbonyl (C=O) groups is 1. The molecule has 7 heteroatoms. The molecule has 23 heavy (non-hydrogen) atoms. The Morgan fingerprint density at radius 1 is 1.17 bits per heavy atom. The van der Waals surface area contributed by atoms with Gasteiger partial charge in [0.05, 0.1) is 22.8 Å². The van der Waals surface area contributed by atoms with Crippen molar-refractivity contribution in [1.29, 1.82) is 0 Å². The highest BCUT2D eigenvalue weighted by Gasteiger charge is 2.31. The standard InChI is InChI=1S/C16H14ClF3N2O/c1-22(12-5-3-2-4-6-12)10-15(23)21-14-9-11(16(18,19)20)7-8-13(14)17/h2-9H,10H2,1H3,(H,21,23). The number of rotatable bonds is 4. The molecule has 1 amide bonds. The molecule has 0 aliphatic carbocycles. The third kappa shape index (κ3) is 4.63. The number of hydrogen-bond acceptors (Lipinski definition) is 2. The highest BCUT2D eigenvalue weighted by atomic mass is 35.5. The molecule has 0 atom stereocenters. The smallest absolute Gasteiger partial charge is 0.365 e. The Morgan fingerprint density at radius 2 is 1.83 bits per heavy atom. The van der Waals surface area contributed by atoms with Gasteiger partial charge < -0.3 is 10.2 Å². The summed E-state index contributed by atoms with van der Waals surface area (Å²) in [7, 11) is 1.71. The average Bonchev–Trinajstić information content (AvgIpc) is 2.49. The van der Waals surface area contributed by atoms with Gasteiger partial charge in [0.25, 0.3) is 0 Å². The maximum atomic E-state index is 12.7. The van der Waals surface area contributed by atoms with E-state index in [0.717, 1.165) is 23.9 Å². The predicted octanol–water partition coefficient (Wildman–Crippen LogP) is 4.43. The van der Waals surface area contributed by atoms with Gasteiger partial charge in [-0.05, 0) is 30.3 Å². The molecule has 1 N–H and O–H groups in total. The minimum atomic E-state index is -4.50. The fraction of sp³-hybridized carbons (Fsp3) is 0.188. The summed E-state index contributed by atoms with van der Waals surface area (Å²) >= 11 is 5.85. The number of nitrogens with zero attached hydrogens (tertiary/aromatic N) is 1. The maximum Gasteiger partial charge on any atom is 0.416 e. The first-order valence-corrected chi connectivity index (χ1v) is 7.08. The zero-order valence-corrected chi connectivity index (χ0v) is 12.9. The van der Waals surface area contributed by atoms with E-state index in [-0.39, 0.29) is 17.3 Å². The van der Waals surface area contributed by atoms with Crippen LogP contribution in [0.5, 0.6) is 0 Å². The Kier molecular flexibility index (Phi) is 5.15. The molecule has 0 aliphatic rings. The molecule has 0 radical (unpaired) electrons. The molecular formula is C16H14ClF3N2O. The van der Waals surface area contributed by atoms with Crippen molar-refractivity contribution in [3.05, 3.63) is 59.1 Å². The van der Waals surface area contributed by atoms with Crippen LogP contribution in [0.15, 0.2) is 48.5 Å². The topological polar surface area (TPSA) is 32.3 Å². The van der Waals surface area contributed by atoms with Crippen molar-refractivity contribution in [2.45, 2.75) is 6.18 Å². The normalized spacial score (nSPS) is 11.2. The number of anilines is 2. The summed E-state index contributed by atoms with van der Waals surface area (Å²) in [6, 6.07) is 12.0. The van der Waals surface area contributed by atoms with Gasteiger partial charge in [0.15, 0.2) is 0 Å². The maximum absolute atomic E-state index is 12.7.